The molecule has 9 nitrogen and oxygen atoms in total. The number of esters is 1. The number of allylic oxidation sites excluding steroid dienone is 1. The van der Waals surface area contributed by atoms with Crippen molar-refractivity contribution in [2.45, 2.75) is 69.6 Å². The zero-order valence-electron chi connectivity index (χ0n) is 17.0. The molecular formula is C21H30O9. The summed E-state index contributed by atoms with van der Waals surface area (Å²) in [7, 11) is 0. The van der Waals surface area contributed by atoms with Crippen LogP contribution in [-0.2, 0) is 19.0 Å². The van der Waals surface area contributed by atoms with Crippen LogP contribution in [0.25, 0.3) is 0 Å². The molecule has 3 fully saturated rings. The van der Waals surface area contributed by atoms with Gasteiger partial charge in [0.25, 0.3) is 0 Å². The molecule has 5 N–H and O–H groups in total. The average molecular weight is 426 g/mol. The van der Waals surface area contributed by atoms with Crippen molar-refractivity contribution < 1.29 is 44.5 Å². The van der Waals surface area contributed by atoms with Gasteiger partial charge in [0.2, 0.25) is 6.29 Å². The molecule has 4 aliphatic rings. The molecular weight excluding hydrogens is 396 g/mol. The summed E-state index contributed by atoms with van der Waals surface area (Å²) in [6.45, 7) is 7.22. The summed E-state index contributed by atoms with van der Waals surface area (Å²) >= 11 is 0. The van der Waals surface area contributed by atoms with Crippen molar-refractivity contribution in [2.24, 2.45) is 23.7 Å². The first-order valence-corrected chi connectivity index (χ1v) is 10.4. The Hall–Kier alpha value is -1.49. The Kier molecular flexibility index (Phi) is 5.71. The lowest BCUT2D eigenvalue weighted by molar-refractivity contribution is -0.292. The van der Waals surface area contributed by atoms with Gasteiger partial charge < -0.3 is 39.7 Å². The van der Waals surface area contributed by atoms with Crippen LogP contribution < -0.4 is 0 Å². The molecule has 0 aromatic carbocycles. The van der Waals surface area contributed by atoms with E-state index in [1.165, 1.54) is 0 Å². The molecule has 0 aromatic heterocycles. The normalized spacial score (nSPS) is 48.8. The van der Waals surface area contributed by atoms with Crippen molar-refractivity contribution in [3.8, 4) is 0 Å². The number of carbonyl (C=O) groups is 1. The van der Waals surface area contributed by atoms with Gasteiger partial charge in [0.15, 0.2) is 0 Å². The minimum absolute atomic E-state index is 0.104. The van der Waals surface area contributed by atoms with Gasteiger partial charge in [-0.25, -0.2) is 0 Å². The summed E-state index contributed by atoms with van der Waals surface area (Å²) < 4.78 is 17.1. The molecule has 2 saturated heterocycles. The van der Waals surface area contributed by atoms with Gasteiger partial charge in [-0.3, -0.25) is 4.79 Å². The monoisotopic (exact) mass is 426 g/mol. The second-order valence-corrected chi connectivity index (χ2v) is 8.95. The fourth-order valence-electron chi connectivity index (χ4n) is 5.48. The van der Waals surface area contributed by atoms with Crippen LogP contribution in [0.3, 0.4) is 0 Å². The van der Waals surface area contributed by atoms with E-state index in [1.807, 2.05) is 6.92 Å². The van der Waals surface area contributed by atoms with Crippen molar-refractivity contribution in [3.05, 3.63) is 23.5 Å². The smallest absolute Gasteiger partial charge is 0.309 e. The maximum absolute atomic E-state index is 12.2. The first-order valence-electron chi connectivity index (χ1n) is 10.4. The van der Waals surface area contributed by atoms with Crippen LogP contribution in [0.2, 0.25) is 0 Å². The number of hydrogen-bond donors (Lipinski definition) is 5. The van der Waals surface area contributed by atoms with Crippen molar-refractivity contribution >= 4 is 5.97 Å². The summed E-state index contributed by atoms with van der Waals surface area (Å²) in [5.41, 5.74) is 1.65. The zero-order valence-corrected chi connectivity index (χ0v) is 17.0. The van der Waals surface area contributed by atoms with E-state index in [1.54, 1.807) is 6.92 Å². The third kappa shape index (κ3) is 3.28. The van der Waals surface area contributed by atoms with E-state index < -0.39 is 55.4 Å². The van der Waals surface area contributed by atoms with Crippen molar-refractivity contribution in [2.75, 3.05) is 6.61 Å². The number of aliphatic hydroxyl groups excluding tert-OH is 5. The van der Waals surface area contributed by atoms with Gasteiger partial charge in [-0.1, -0.05) is 19.1 Å². The Labute approximate surface area is 174 Å². The van der Waals surface area contributed by atoms with Crippen LogP contribution in [0, 0.1) is 23.7 Å². The van der Waals surface area contributed by atoms with Gasteiger partial charge in [0, 0.05) is 18.3 Å². The molecule has 11 atom stereocenters. The fraction of sp³-hybridized carbons (Fsp3) is 0.762. The molecule has 4 rings (SSSR count). The molecule has 2 aliphatic heterocycles. The highest BCUT2D eigenvalue weighted by Gasteiger charge is 2.56. The Balaban J connectivity index is 1.60. The standard InChI is InChI=1S/C21H30O9/c1-7-4-11(23)15-9(3)20(27)30-19(15)14-8(2)12(5-10(7)14)28-21-18(26)17(25)16(24)13(6-22)29-21/h9-11,13-19,21-26H,1,4-6H2,2-3H3/t9-,10-,11+,13+,14-,15+,16+,17-,18+,19+,21+/m0/s1. The lowest BCUT2D eigenvalue weighted by Gasteiger charge is -2.40. The summed E-state index contributed by atoms with van der Waals surface area (Å²) in [6, 6.07) is 0. The molecule has 9 heteroatoms. The van der Waals surface area contributed by atoms with E-state index in [-0.39, 0.29) is 23.7 Å². The third-order valence-electron chi connectivity index (χ3n) is 7.26. The van der Waals surface area contributed by atoms with Gasteiger partial charge in [-0.2, -0.15) is 0 Å². The minimum atomic E-state index is -1.53. The van der Waals surface area contributed by atoms with Crippen LogP contribution in [0.1, 0.15) is 26.7 Å². The topological polar surface area (TPSA) is 146 Å². The lowest BCUT2D eigenvalue weighted by atomic mass is 9.78. The second kappa shape index (κ2) is 7.89. The van der Waals surface area contributed by atoms with E-state index in [2.05, 4.69) is 6.58 Å². The Bertz CT molecular complexity index is 747. The molecule has 0 bridgehead atoms. The van der Waals surface area contributed by atoms with Crippen LogP contribution in [-0.4, -0.2) is 81.0 Å². The Morgan fingerprint density at radius 3 is 2.50 bits per heavy atom. The van der Waals surface area contributed by atoms with Gasteiger partial charge in [0.1, 0.15) is 30.5 Å². The molecule has 2 heterocycles. The summed E-state index contributed by atoms with van der Waals surface area (Å²) in [5.74, 6) is -0.876. The van der Waals surface area contributed by atoms with Crippen molar-refractivity contribution in [1.29, 1.82) is 0 Å². The molecule has 168 valence electrons. The van der Waals surface area contributed by atoms with Crippen molar-refractivity contribution in [1.82, 2.24) is 0 Å². The van der Waals surface area contributed by atoms with Crippen LogP contribution >= 0.6 is 0 Å². The largest absolute Gasteiger partial charge is 0.466 e. The van der Waals surface area contributed by atoms with E-state index in [4.69, 9.17) is 14.2 Å². The third-order valence-corrected chi connectivity index (χ3v) is 7.26. The number of hydrogen-bond acceptors (Lipinski definition) is 9. The highest BCUT2D eigenvalue weighted by molar-refractivity contribution is 5.75. The predicted octanol–water partition coefficient (Wildman–Crippen LogP) is -0.788. The fourth-order valence-corrected chi connectivity index (χ4v) is 5.48. The van der Waals surface area contributed by atoms with E-state index >= 15 is 0 Å². The Morgan fingerprint density at radius 2 is 1.83 bits per heavy atom. The number of rotatable bonds is 3. The highest BCUT2D eigenvalue weighted by atomic mass is 16.7. The van der Waals surface area contributed by atoms with E-state index in [0.29, 0.717) is 18.6 Å². The first kappa shape index (κ1) is 21.7. The first-order chi connectivity index (χ1) is 14.1. The predicted molar refractivity (Wildman–Crippen MR) is 101 cm³/mol. The lowest BCUT2D eigenvalue weighted by Crippen LogP contribution is -2.59. The average Bonchev–Trinajstić information content (AvgIpc) is 3.15. The van der Waals surface area contributed by atoms with E-state index in [9.17, 15) is 30.3 Å². The molecule has 0 aromatic rings. The van der Waals surface area contributed by atoms with Crippen LogP contribution in [0.4, 0.5) is 0 Å². The quantitative estimate of drug-likeness (QED) is 0.289. The number of aliphatic hydroxyl groups is 5. The van der Waals surface area contributed by atoms with Crippen LogP contribution in [0.5, 0.6) is 0 Å². The number of carbonyl (C=O) groups excluding carboxylic acids is 1. The molecule has 0 amide bonds. The number of fused-ring (bicyclic) bond motifs is 3. The zero-order chi connectivity index (χ0) is 21.9. The molecule has 2 aliphatic carbocycles. The van der Waals surface area contributed by atoms with Crippen molar-refractivity contribution in [3.63, 3.8) is 0 Å². The Morgan fingerprint density at radius 1 is 1.13 bits per heavy atom. The highest BCUT2D eigenvalue weighted by Crippen LogP contribution is 2.53. The van der Waals surface area contributed by atoms with Gasteiger partial charge in [-0.15, -0.1) is 0 Å². The van der Waals surface area contributed by atoms with Gasteiger partial charge in [0.05, 0.1) is 24.4 Å². The minimum Gasteiger partial charge on any atom is -0.466 e. The van der Waals surface area contributed by atoms with Gasteiger partial charge in [-0.05, 0) is 24.8 Å². The second-order valence-electron chi connectivity index (χ2n) is 8.95. The molecule has 1 saturated carbocycles. The van der Waals surface area contributed by atoms with E-state index in [0.717, 1.165) is 11.1 Å². The maximum Gasteiger partial charge on any atom is 0.309 e. The molecule has 0 unspecified atom stereocenters. The molecule has 0 spiro atoms. The van der Waals surface area contributed by atoms with Crippen LogP contribution in [0.15, 0.2) is 23.5 Å². The molecule has 30 heavy (non-hydrogen) atoms. The summed E-state index contributed by atoms with van der Waals surface area (Å²) in [6.07, 6.45) is -7.25. The summed E-state index contributed by atoms with van der Waals surface area (Å²) in [4.78, 5) is 12.2. The molecule has 0 radical (unpaired) electrons. The number of ether oxygens (including phenoxy) is 3. The SMILES string of the molecule is C=C1C[C@@H](O)[C@@H]2[C@H](OC(=O)[C@H]2C)[C@H]2C(C)=C(O[C@@H]3O[C@H](CO)[C@@H](O)[C@H](O)[C@H]3O)C[C@@H]12. The van der Waals surface area contributed by atoms with Gasteiger partial charge >= 0.3 is 5.97 Å². The summed E-state index contributed by atoms with van der Waals surface area (Å²) in [5, 5.41) is 50.3. The maximum atomic E-state index is 12.2.